The Labute approximate surface area is 158 Å². The van der Waals surface area contributed by atoms with Gasteiger partial charge in [-0.05, 0) is 56.7 Å². The van der Waals surface area contributed by atoms with E-state index < -0.39 is 0 Å². The molecule has 2 aliphatic rings. The lowest BCUT2D eigenvalue weighted by Crippen LogP contribution is -2.44. The van der Waals surface area contributed by atoms with Gasteiger partial charge >= 0.3 is 0 Å². The second-order valence-corrected chi connectivity index (χ2v) is 7.75. The summed E-state index contributed by atoms with van der Waals surface area (Å²) in [6.07, 6.45) is 12.2. The molecule has 0 radical (unpaired) electrons. The number of imidazole rings is 1. The molecule has 3 heterocycles. The normalized spacial score (nSPS) is 20.3. The molecule has 1 aromatic carbocycles. The summed E-state index contributed by atoms with van der Waals surface area (Å²) in [6.45, 7) is 1.72. The molecule has 5 rings (SSSR count). The van der Waals surface area contributed by atoms with Crippen LogP contribution in [0.4, 0.5) is 0 Å². The van der Waals surface area contributed by atoms with Crippen molar-refractivity contribution in [3.8, 4) is 0 Å². The summed E-state index contributed by atoms with van der Waals surface area (Å²) >= 11 is 0. The van der Waals surface area contributed by atoms with Gasteiger partial charge in [-0.1, -0.05) is 0 Å². The first-order valence-corrected chi connectivity index (χ1v) is 9.95. The zero-order valence-electron chi connectivity index (χ0n) is 15.4. The van der Waals surface area contributed by atoms with Crippen LogP contribution < -0.4 is 0 Å². The highest BCUT2D eigenvalue weighted by Gasteiger charge is 2.30. The molecule has 1 saturated carbocycles. The fourth-order valence-corrected chi connectivity index (χ4v) is 4.03. The first-order valence-electron chi connectivity index (χ1n) is 9.95. The van der Waals surface area contributed by atoms with Crippen LogP contribution in [0.5, 0.6) is 0 Å². The average Bonchev–Trinajstić information content (AvgIpc) is 3.25. The van der Waals surface area contributed by atoms with Crippen molar-refractivity contribution >= 4 is 17.0 Å². The summed E-state index contributed by atoms with van der Waals surface area (Å²) in [5.41, 5.74) is 2.29. The predicted molar refractivity (Wildman–Crippen MR) is 102 cm³/mol. The third-order valence-electron chi connectivity index (χ3n) is 5.75. The minimum atomic E-state index is 0.108. The molecule has 2 fully saturated rings. The molecular weight excluding hydrogens is 340 g/mol. The number of carbonyl (C=O) groups excluding carboxylic acids is 1. The van der Waals surface area contributed by atoms with Crippen molar-refractivity contribution < 1.29 is 9.21 Å². The maximum atomic E-state index is 13.2. The van der Waals surface area contributed by atoms with Gasteiger partial charge < -0.3 is 13.9 Å². The van der Waals surface area contributed by atoms with Gasteiger partial charge in [0.2, 0.25) is 0 Å². The summed E-state index contributed by atoms with van der Waals surface area (Å²) in [6, 6.07) is 5.97. The first kappa shape index (κ1) is 16.5. The molecule has 0 N–H and O–H groups in total. The lowest BCUT2D eigenvalue weighted by Gasteiger charge is -2.36. The molecule has 1 atom stereocenters. The van der Waals surface area contributed by atoms with E-state index in [1.807, 2.05) is 30.7 Å². The van der Waals surface area contributed by atoms with Gasteiger partial charge in [-0.25, -0.2) is 9.97 Å². The van der Waals surface area contributed by atoms with Crippen LogP contribution in [0, 0.1) is 0 Å². The Balaban J connectivity index is 1.34. The molecule has 0 bridgehead atoms. The Morgan fingerprint density at radius 3 is 2.96 bits per heavy atom. The van der Waals surface area contributed by atoms with Crippen LogP contribution in [-0.4, -0.2) is 37.9 Å². The molecule has 140 valence electrons. The lowest BCUT2D eigenvalue weighted by atomic mass is 9.98. The van der Waals surface area contributed by atoms with Crippen LogP contribution in [0.2, 0.25) is 0 Å². The smallest absolute Gasteiger partial charge is 0.254 e. The third kappa shape index (κ3) is 3.36. The minimum Gasteiger partial charge on any atom is -0.440 e. The standard InChI is InChI=1S/C21H24N4O2/c26-21(16-6-7-18-19(13-16)27-20(23-18)15-4-5-15)25-10-2-1-3-17(25)8-11-24-12-9-22-14-24/h6-7,9,12-15,17H,1-5,8,10-11H2. The number of hydrogen-bond acceptors (Lipinski definition) is 4. The van der Waals surface area contributed by atoms with Crippen molar-refractivity contribution in [2.24, 2.45) is 0 Å². The van der Waals surface area contributed by atoms with Gasteiger partial charge in [0.1, 0.15) is 5.52 Å². The highest BCUT2D eigenvalue weighted by molar-refractivity contribution is 5.97. The number of carbonyl (C=O) groups is 1. The molecule has 1 amide bonds. The molecule has 27 heavy (non-hydrogen) atoms. The molecular formula is C21H24N4O2. The molecule has 6 nitrogen and oxygen atoms in total. The average molecular weight is 364 g/mol. The second kappa shape index (κ2) is 6.83. The first-order chi connectivity index (χ1) is 13.3. The van der Waals surface area contributed by atoms with E-state index in [-0.39, 0.29) is 11.9 Å². The van der Waals surface area contributed by atoms with Crippen LogP contribution in [0.25, 0.3) is 11.1 Å². The molecule has 2 aromatic heterocycles. The number of piperidine rings is 1. The van der Waals surface area contributed by atoms with E-state index in [1.54, 1.807) is 6.20 Å². The summed E-state index contributed by atoms with van der Waals surface area (Å²) in [5.74, 6) is 1.41. The van der Waals surface area contributed by atoms with Crippen LogP contribution in [0.1, 0.15) is 60.7 Å². The van der Waals surface area contributed by atoms with E-state index in [4.69, 9.17) is 4.42 Å². The Morgan fingerprint density at radius 2 is 2.15 bits per heavy atom. The van der Waals surface area contributed by atoms with E-state index in [0.717, 1.165) is 62.2 Å². The molecule has 1 aliphatic heterocycles. The van der Waals surface area contributed by atoms with Crippen LogP contribution in [0.15, 0.2) is 41.3 Å². The number of fused-ring (bicyclic) bond motifs is 1. The Morgan fingerprint density at radius 1 is 1.22 bits per heavy atom. The van der Waals surface area contributed by atoms with Gasteiger partial charge in [-0.2, -0.15) is 0 Å². The largest absolute Gasteiger partial charge is 0.440 e. The number of oxazole rings is 1. The maximum absolute atomic E-state index is 13.2. The summed E-state index contributed by atoms with van der Waals surface area (Å²) < 4.78 is 7.98. The third-order valence-corrected chi connectivity index (χ3v) is 5.75. The number of likely N-dealkylation sites (tertiary alicyclic amines) is 1. The number of benzene rings is 1. The van der Waals surface area contributed by atoms with E-state index in [1.165, 1.54) is 6.42 Å². The molecule has 3 aromatic rings. The van der Waals surface area contributed by atoms with Crippen LogP contribution >= 0.6 is 0 Å². The fourth-order valence-electron chi connectivity index (χ4n) is 4.03. The zero-order chi connectivity index (χ0) is 18.2. The summed E-state index contributed by atoms with van der Waals surface area (Å²) in [4.78, 5) is 23.9. The van der Waals surface area contributed by atoms with Gasteiger partial charge in [0.15, 0.2) is 11.5 Å². The topological polar surface area (TPSA) is 64.2 Å². The zero-order valence-corrected chi connectivity index (χ0v) is 15.4. The summed E-state index contributed by atoms with van der Waals surface area (Å²) in [7, 11) is 0. The number of nitrogens with zero attached hydrogens (tertiary/aromatic N) is 4. The van der Waals surface area contributed by atoms with E-state index in [9.17, 15) is 4.79 Å². The minimum absolute atomic E-state index is 0.108. The highest BCUT2D eigenvalue weighted by Crippen LogP contribution is 2.40. The summed E-state index contributed by atoms with van der Waals surface area (Å²) in [5, 5.41) is 0. The molecule has 1 unspecified atom stereocenters. The number of hydrogen-bond donors (Lipinski definition) is 0. The SMILES string of the molecule is O=C(c1ccc2nc(C3CC3)oc2c1)N1CCCCC1CCn1ccnc1. The van der Waals surface area contributed by atoms with E-state index in [0.29, 0.717) is 11.5 Å². The van der Waals surface area contributed by atoms with Gasteiger partial charge in [-0.3, -0.25) is 4.79 Å². The molecule has 1 saturated heterocycles. The van der Waals surface area contributed by atoms with Crippen molar-refractivity contribution in [3.63, 3.8) is 0 Å². The number of aromatic nitrogens is 3. The van der Waals surface area contributed by atoms with Crippen molar-refractivity contribution in [3.05, 3.63) is 48.4 Å². The van der Waals surface area contributed by atoms with Crippen molar-refractivity contribution in [2.75, 3.05) is 6.54 Å². The van der Waals surface area contributed by atoms with Crippen molar-refractivity contribution in [1.29, 1.82) is 0 Å². The van der Waals surface area contributed by atoms with Gasteiger partial charge in [0, 0.05) is 43.0 Å². The second-order valence-electron chi connectivity index (χ2n) is 7.75. The maximum Gasteiger partial charge on any atom is 0.254 e. The van der Waals surface area contributed by atoms with Crippen molar-refractivity contribution in [1.82, 2.24) is 19.4 Å². The number of rotatable bonds is 5. The number of aryl methyl sites for hydroxylation is 1. The fraction of sp³-hybridized carbons (Fsp3) is 0.476. The van der Waals surface area contributed by atoms with Crippen molar-refractivity contribution in [2.45, 2.75) is 57.0 Å². The van der Waals surface area contributed by atoms with E-state index in [2.05, 4.69) is 19.4 Å². The van der Waals surface area contributed by atoms with Crippen LogP contribution in [-0.2, 0) is 6.54 Å². The lowest BCUT2D eigenvalue weighted by molar-refractivity contribution is 0.0595. The predicted octanol–water partition coefficient (Wildman–Crippen LogP) is 3.99. The van der Waals surface area contributed by atoms with Gasteiger partial charge in [-0.15, -0.1) is 0 Å². The molecule has 1 aliphatic carbocycles. The number of amides is 1. The Hall–Kier alpha value is -2.63. The quantitative estimate of drug-likeness (QED) is 0.687. The van der Waals surface area contributed by atoms with Crippen LogP contribution in [0.3, 0.4) is 0 Å². The van der Waals surface area contributed by atoms with Gasteiger partial charge in [0.05, 0.1) is 6.33 Å². The Kier molecular flexibility index (Phi) is 4.19. The van der Waals surface area contributed by atoms with E-state index >= 15 is 0 Å². The molecule has 0 spiro atoms. The highest BCUT2D eigenvalue weighted by atomic mass is 16.3. The molecule has 6 heteroatoms. The monoisotopic (exact) mass is 364 g/mol. The van der Waals surface area contributed by atoms with Gasteiger partial charge in [0.25, 0.3) is 5.91 Å². The Bertz CT molecular complexity index is 942.